The maximum Gasteiger partial charge on any atom is -0.0323 e. The van der Waals surface area contributed by atoms with Gasteiger partial charge >= 0.3 is 0 Å². The minimum absolute atomic E-state index is 1.25. The summed E-state index contributed by atoms with van der Waals surface area (Å²) in [5, 5.41) is 0. The third kappa shape index (κ3) is 0.0744. The van der Waals surface area contributed by atoms with Crippen LogP contribution in [0.1, 0.15) is 12.8 Å². The van der Waals surface area contributed by atoms with Crippen molar-refractivity contribution in [3.8, 4) is 0 Å². The van der Waals surface area contributed by atoms with Crippen LogP contribution >= 0.6 is 0 Å². The van der Waals surface area contributed by atoms with E-state index in [-0.39, 0.29) is 0 Å². The first kappa shape index (κ1) is 2.34. The van der Waals surface area contributed by atoms with Gasteiger partial charge in [-0.2, -0.15) is 0 Å². The number of hydrogen-bond donors (Lipinski definition) is 0. The summed E-state index contributed by atoms with van der Waals surface area (Å²) in [4.78, 5) is 0. The third-order valence-electron chi connectivity index (χ3n) is 3.09. The fourth-order valence-electron chi connectivity index (χ4n) is 2.56. The fourth-order valence-corrected chi connectivity index (χ4v) is 2.56. The third-order valence-corrected chi connectivity index (χ3v) is 3.09. The largest absolute Gasteiger partial charge is 0.0467 e. The number of hydrogen-bond acceptors (Lipinski definition) is 0. The molecule has 0 saturated heterocycles. The summed E-state index contributed by atoms with van der Waals surface area (Å²) in [7, 11) is 0. The van der Waals surface area contributed by atoms with Crippen LogP contribution in [0.15, 0.2) is 0 Å². The van der Waals surface area contributed by atoms with Crippen molar-refractivity contribution in [2.75, 3.05) is 0 Å². The highest BCUT2D eigenvalue weighted by Crippen LogP contribution is 2.77. The average molecular weight is 80.1 g/mol. The molecule has 0 heteroatoms. The van der Waals surface area contributed by atoms with Crippen LogP contribution in [0.5, 0.6) is 0 Å². The Bertz CT molecular complexity index is 77.5. The van der Waals surface area contributed by atoms with E-state index in [4.69, 9.17) is 0 Å². The number of rotatable bonds is 0. The van der Waals surface area contributed by atoms with Crippen LogP contribution in [-0.2, 0) is 0 Å². The molecule has 3 saturated carbocycles. The molecule has 0 aliphatic heterocycles. The molecule has 4 atom stereocenters. The topological polar surface area (TPSA) is 0 Å². The van der Waals surface area contributed by atoms with Gasteiger partial charge in [-0.1, -0.05) is 0 Å². The van der Waals surface area contributed by atoms with E-state index in [1.165, 1.54) is 23.7 Å². The SMILES string of the molecule is C1C2C[C@@H]3C1C23. The standard InChI is InChI=1S/C6H8/c1-3-2-5-4(1)6(3)5/h3-6H,1-2H2/t3?,4-,5?,6?/m1/s1. The van der Waals surface area contributed by atoms with Crippen molar-refractivity contribution < 1.29 is 0 Å². The summed E-state index contributed by atoms with van der Waals surface area (Å²) in [6.45, 7) is 0. The van der Waals surface area contributed by atoms with Crippen LogP contribution in [0, 0.1) is 23.7 Å². The Morgan fingerprint density at radius 1 is 1.00 bits per heavy atom. The lowest BCUT2D eigenvalue weighted by Crippen LogP contribution is -2.18. The molecule has 3 fully saturated rings. The summed E-state index contributed by atoms with van der Waals surface area (Å²) in [6, 6.07) is 0. The van der Waals surface area contributed by atoms with Crippen LogP contribution in [0.4, 0.5) is 0 Å². The van der Waals surface area contributed by atoms with E-state index >= 15 is 0 Å². The van der Waals surface area contributed by atoms with Gasteiger partial charge in [-0.15, -0.1) is 0 Å². The van der Waals surface area contributed by atoms with E-state index in [2.05, 4.69) is 0 Å². The molecule has 3 aliphatic rings. The first-order valence-electron chi connectivity index (χ1n) is 2.97. The smallest absolute Gasteiger partial charge is 0.0323 e. The van der Waals surface area contributed by atoms with Crippen LogP contribution < -0.4 is 0 Å². The monoisotopic (exact) mass is 80.1 g/mol. The molecule has 6 heavy (non-hydrogen) atoms. The lowest BCUT2D eigenvalue weighted by atomic mass is 9.79. The molecule has 0 aromatic heterocycles. The zero-order valence-electron chi connectivity index (χ0n) is 3.72. The zero-order chi connectivity index (χ0) is 3.72. The van der Waals surface area contributed by atoms with E-state index in [1.54, 1.807) is 12.8 Å². The summed E-state index contributed by atoms with van der Waals surface area (Å²) >= 11 is 0. The van der Waals surface area contributed by atoms with Gasteiger partial charge in [0, 0.05) is 0 Å². The lowest BCUT2D eigenvalue weighted by Gasteiger charge is -2.26. The highest BCUT2D eigenvalue weighted by Gasteiger charge is 2.71. The Labute approximate surface area is 37.5 Å². The molecule has 3 aliphatic carbocycles. The van der Waals surface area contributed by atoms with Crippen LogP contribution in [0.3, 0.4) is 0 Å². The predicted molar refractivity (Wildman–Crippen MR) is 23.2 cm³/mol. The maximum absolute atomic E-state index is 1.62. The van der Waals surface area contributed by atoms with Gasteiger partial charge < -0.3 is 0 Å². The Kier molecular flexibility index (Phi) is 0.159. The van der Waals surface area contributed by atoms with Crippen molar-refractivity contribution in [2.45, 2.75) is 12.8 Å². The first-order chi connectivity index (χ1) is 2.97. The molecule has 0 amide bonds. The summed E-state index contributed by atoms with van der Waals surface area (Å²) in [5.74, 6) is 5.09. The zero-order valence-corrected chi connectivity index (χ0v) is 3.72. The second-order valence-corrected chi connectivity index (χ2v) is 3.14. The molecule has 0 nitrogen and oxygen atoms in total. The van der Waals surface area contributed by atoms with Crippen molar-refractivity contribution >= 4 is 0 Å². The molecule has 0 aromatic carbocycles. The van der Waals surface area contributed by atoms with Gasteiger partial charge in [0.25, 0.3) is 0 Å². The fraction of sp³-hybridized carbons (Fsp3) is 1.00. The highest BCUT2D eigenvalue weighted by molar-refractivity contribution is 5.19. The summed E-state index contributed by atoms with van der Waals surface area (Å²) < 4.78 is 0. The molecule has 0 heterocycles. The van der Waals surface area contributed by atoms with Crippen LogP contribution in [0.2, 0.25) is 0 Å². The van der Waals surface area contributed by atoms with Crippen molar-refractivity contribution in [3.05, 3.63) is 0 Å². The Hall–Kier alpha value is 0. The molecular formula is C6H8. The Morgan fingerprint density at radius 3 is 1.67 bits per heavy atom. The average Bonchev–Trinajstić information content (AvgIpc) is 2.03. The molecular weight excluding hydrogens is 72.1 g/mol. The Balaban J connectivity index is 2.21. The molecule has 0 bridgehead atoms. The molecule has 0 radical (unpaired) electrons. The molecule has 0 N–H and O–H groups in total. The summed E-state index contributed by atoms with van der Waals surface area (Å²) in [5.41, 5.74) is 0. The van der Waals surface area contributed by atoms with Crippen LogP contribution in [-0.4, -0.2) is 0 Å². The minimum Gasteiger partial charge on any atom is -0.0467 e. The van der Waals surface area contributed by atoms with Gasteiger partial charge in [-0.25, -0.2) is 0 Å². The quantitative estimate of drug-likeness (QED) is 0.411. The summed E-state index contributed by atoms with van der Waals surface area (Å²) in [6.07, 6.45) is 3.24. The molecule has 3 unspecified atom stereocenters. The minimum atomic E-state index is 1.25. The number of fused-ring (bicyclic) bond motifs is 1. The Morgan fingerprint density at radius 2 is 1.67 bits per heavy atom. The molecule has 0 spiro atoms. The first-order valence-corrected chi connectivity index (χ1v) is 2.97. The van der Waals surface area contributed by atoms with E-state index in [1.807, 2.05) is 0 Å². The second kappa shape index (κ2) is 0.408. The van der Waals surface area contributed by atoms with Gasteiger partial charge in [0.1, 0.15) is 0 Å². The van der Waals surface area contributed by atoms with Gasteiger partial charge in [-0.05, 0) is 36.5 Å². The molecule has 3 rings (SSSR count). The van der Waals surface area contributed by atoms with E-state index in [0.717, 1.165) is 0 Å². The van der Waals surface area contributed by atoms with Crippen molar-refractivity contribution in [1.29, 1.82) is 0 Å². The van der Waals surface area contributed by atoms with Crippen LogP contribution in [0.25, 0.3) is 0 Å². The van der Waals surface area contributed by atoms with Gasteiger partial charge in [0.2, 0.25) is 0 Å². The van der Waals surface area contributed by atoms with E-state index in [9.17, 15) is 0 Å². The van der Waals surface area contributed by atoms with E-state index in [0.29, 0.717) is 0 Å². The second-order valence-electron chi connectivity index (χ2n) is 3.14. The predicted octanol–water partition coefficient (Wildman–Crippen LogP) is 1.27. The van der Waals surface area contributed by atoms with Crippen molar-refractivity contribution in [3.63, 3.8) is 0 Å². The van der Waals surface area contributed by atoms with Gasteiger partial charge in [0.05, 0.1) is 0 Å². The lowest BCUT2D eigenvalue weighted by molar-refractivity contribution is 0.234. The molecule has 32 valence electrons. The van der Waals surface area contributed by atoms with E-state index < -0.39 is 0 Å². The van der Waals surface area contributed by atoms with Gasteiger partial charge in [-0.3, -0.25) is 0 Å². The van der Waals surface area contributed by atoms with Crippen molar-refractivity contribution in [1.82, 2.24) is 0 Å². The van der Waals surface area contributed by atoms with Gasteiger partial charge in [0.15, 0.2) is 0 Å². The molecule has 0 aromatic rings. The normalized spacial score (nSPS) is 80.0. The maximum atomic E-state index is 1.62. The highest BCUT2D eigenvalue weighted by atomic mass is 14.8. The van der Waals surface area contributed by atoms with Crippen molar-refractivity contribution in [2.24, 2.45) is 23.7 Å².